The van der Waals surface area contributed by atoms with Gasteiger partial charge < -0.3 is 20.1 Å². The molecule has 0 spiro atoms. The minimum Gasteiger partial charge on any atom is -0.454 e. The van der Waals surface area contributed by atoms with Crippen molar-refractivity contribution in [3.05, 3.63) is 23.8 Å². The van der Waals surface area contributed by atoms with Crippen LogP contribution in [0.3, 0.4) is 0 Å². The Morgan fingerprint density at radius 3 is 2.83 bits per heavy atom. The molecular formula is C15H17N3O5. The minimum absolute atomic E-state index is 0.124. The Morgan fingerprint density at radius 2 is 2.09 bits per heavy atom. The van der Waals surface area contributed by atoms with E-state index in [4.69, 9.17) is 9.47 Å². The van der Waals surface area contributed by atoms with Gasteiger partial charge in [0.05, 0.1) is 0 Å². The van der Waals surface area contributed by atoms with Crippen molar-refractivity contribution in [2.45, 2.75) is 19.4 Å². The molecule has 1 saturated heterocycles. The van der Waals surface area contributed by atoms with Crippen LogP contribution in [0.25, 0.3) is 0 Å². The summed E-state index contributed by atoms with van der Waals surface area (Å²) in [7, 11) is 0. The number of hydrogen-bond acceptors (Lipinski definition) is 5. The van der Waals surface area contributed by atoms with E-state index in [-0.39, 0.29) is 19.2 Å². The van der Waals surface area contributed by atoms with E-state index in [0.29, 0.717) is 23.6 Å². The van der Waals surface area contributed by atoms with Crippen LogP contribution >= 0.6 is 0 Å². The number of ether oxygens (including phenoxy) is 2. The summed E-state index contributed by atoms with van der Waals surface area (Å²) in [5.41, 5.74) is -0.677. The molecule has 0 radical (unpaired) electrons. The third-order valence-electron chi connectivity index (χ3n) is 3.90. The SMILES string of the molecule is CCNC(=O)CN1C(=O)N[C@](C)(c2ccc3c(c2)OCO3)C1=O. The second kappa shape index (κ2) is 5.45. The molecular weight excluding hydrogens is 302 g/mol. The van der Waals surface area contributed by atoms with Crippen LogP contribution in [0.4, 0.5) is 4.79 Å². The Morgan fingerprint density at radius 1 is 1.35 bits per heavy atom. The van der Waals surface area contributed by atoms with Crippen molar-refractivity contribution >= 4 is 17.8 Å². The molecule has 8 nitrogen and oxygen atoms in total. The van der Waals surface area contributed by atoms with Crippen LogP contribution in [-0.4, -0.2) is 42.6 Å². The summed E-state index contributed by atoms with van der Waals surface area (Å²) in [6.07, 6.45) is 0. The highest BCUT2D eigenvalue weighted by Gasteiger charge is 2.49. The molecule has 0 saturated carbocycles. The van der Waals surface area contributed by atoms with Crippen molar-refractivity contribution in [2.24, 2.45) is 0 Å². The summed E-state index contributed by atoms with van der Waals surface area (Å²) in [5, 5.41) is 5.21. The van der Waals surface area contributed by atoms with Crippen molar-refractivity contribution in [1.29, 1.82) is 0 Å². The lowest BCUT2D eigenvalue weighted by Crippen LogP contribution is -2.43. The van der Waals surface area contributed by atoms with E-state index < -0.39 is 17.5 Å². The number of hydrogen-bond donors (Lipinski definition) is 2. The maximum absolute atomic E-state index is 12.7. The summed E-state index contributed by atoms with van der Waals surface area (Å²) >= 11 is 0. The number of carbonyl (C=O) groups is 3. The lowest BCUT2D eigenvalue weighted by molar-refractivity contribution is -0.134. The first-order valence-corrected chi connectivity index (χ1v) is 7.26. The first kappa shape index (κ1) is 15.1. The average Bonchev–Trinajstić information content (AvgIpc) is 3.06. The number of imide groups is 1. The van der Waals surface area contributed by atoms with Crippen molar-refractivity contribution in [2.75, 3.05) is 19.9 Å². The highest BCUT2D eigenvalue weighted by atomic mass is 16.7. The summed E-state index contributed by atoms with van der Waals surface area (Å²) < 4.78 is 10.5. The van der Waals surface area contributed by atoms with Gasteiger partial charge >= 0.3 is 6.03 Å². The Kier molecular flexibility index (Phi) is 3.59. The third-order valence-corrected chi connectivity index (χ3v) is 3.90. The molecule has 1 fully saturated rings. The molecule has 0 aromatic heterocycles. The monoisotopic (exact) mass is 319 g/mol. The van der Waals surface area contributed by atoms with Crippen LogP contribution in [0.15, 0.2) is 18.2 Å². The van der Waals surface area contributed by atoms with Gasteiger partial charge in [-0.25, -0.2) is 4.79 Å². The first-order chi connectivity index (χ1) is 11.0. The number of rotatable bonds is 4. The highest BCUT2D eigenvalue weighted by molar-refractivity contribution is 6.09. The summed E-state index contributed by atoms with van der Waals surface area (Å²) in [6.45, 7) is 3.61. The van der Waals surface area contributed by atoms with E-state index in [1.54, 1.807) is 32.0 Å². The van der Waals surface area contributed by atoms with Gasteiger partial charge in [-0.1, -0.05) is 6.07 Å². The van der Waals surface area contributed by atoms with E-state index in [0.717, 1.165) is 4.90 Å². The number of nitrogens with one attached hydrogen (secondary N) is 2. The van der Waals surface area contributed by atoms with E-state index in [9.17, 15) is 14.4 Å². The molecule has 2 aliphatic rings. The lowest BCUT2D eigenvalue weighted by atomic mass is 9.91. The minimum atomic E-state index is -1.25. The molecule has 0 bridgehead atoms. The van der Waals surface area contributed by atoms with E-state index >= 15 is 0 Å². The van der Waals surface area contributed by atoms with Gasteiger partial charge in [0, 0.05) is 6.54 Å². The molecule has 8 heteroatoms. The third kappa shape index (κ3) is 2.45. The van der Waals surface area contributed by atoms with Gasteiger partial charge in [-0.2, -0.15) is 0 Å². The Bertz CT molecular complexity index is 690. The van der Waals surface area contributed by atoms with Crippen molar-refractivity contribution < 1.29 is 23.9 Å². The fraction of sp³-hybridized carbons (Fsp3) is 0.400. The van der Waals surface area contributed by atoms with Crippen LogP contribution in [-0.2, 0) is 15.1 Å². The van der Waals surface area contributed by atoms with Gasteiger partial charge in [0.25, 0.3) is 5.91 Å². The number of likely N-dealkylation sites (N-methyl/N-ethyl adjacent to an activating group) is 1. The predicted molar refractivity (Wildman–Crippen MR) is 78.8 cm³/mol. The average molecular weight is 319 g/mol. The maximum Gasteiger partial charge on any atom is 0.325 e. The fourth-order valence-corrected chi connectivity index (χ4v) is 2.64. The maximum atomic E-state index is 12.7. The zero-order chi connectivity index (χ0) is 16.6. The summed E-state index contributed by atoms with van der Waals surface area (Å²) in [5.74, 6) is 0.250. The van der Waals surface area contributed by atoms with Gasteiger partial charge in [0.2, 0.25) is 12.7 Å². The smallest absolute Gasteiger partial charge is 0.325 e. The molecule has 2 heterocycles. The Labute approximate surface area is 132 Å². The number of nitrogens with zero attached hydrogens (tertiary/aromatic N) is 1. The second-order valence-corrected chi connectivity index (χ2v) is 5.47. The molecule has 0 aliphatic carbocycles. The van der Waals surface area contributed by atoms with Crippen LogP contribution < -0.4 is 20.1 Å². The van der Waals surface area contributed by atoms with E-state index in [2.05, 4.69) is 10.6 Å². The quantitative estimate of drug-likeness (QED) is 0.779. The molecule has 1 atom stereocenters. The predicted octanol–water partition coefficient (Wildman–Crippen LogP) is 0.318. The van der Waals surface area contributed by atoms with Gasteiger partial charge in [0.1, 0.15) is 12.1 Å². The number of urea groups is 1. The molecule has 2 N–H and O–H groups in total. The number of amides is 4. The van der Waals surface area contributed by atoms with Crippen molar-refractivity contribution in [3.8, 4) is 11.5 Å². The van der Waals surface area contributed by atoms with Gasteiger partial charge in [-0.15, -0.1) is 0 Å². The molecule has 3 rings (SSSR count). The molecule has 23 heavy (non-hydrogen) atoms. The normalized spacial score (nSPS) is 22.3. The molecule has 4 amide bonds. The van der Waals surface area contributed by atoms with Gasteiger partial charge in [0.15, 0.2) is 11.5 Å². The van der Waals surface area contributed by atoms with Gasteiger partial charge in [-0.3, -0.25) is 14.5 Å². The number of carbonyl (C=O) groups excluding carboxylic acids is 3. The lowest BCUT2D eigenvalue weighted by Gasteiger charge is -2.22. The van der Waals surface area contributed by atoms with E-state index in [1.807, 2.05) is 0 Å². The molecule has 122 valence electrons. The molecule has 1 aromatic carbocycles. The molecule has 1 aromatic rings. The second-order valence-electron chi connectivity index (χ2n) is 5.47. The Balaban J connectivity index is 1.86. The van der Waals surface area contributed by atoms with Crippen LogP contribution in [0.2, 0.25) is 0 Å². The van der Waals surface area contributed by atoms with Crippen LogP contribution in [0.5, 0.6) is 11.5 Å². The zero-order valence-electron chi connectivity index (χ0n) is 12.8. The first-order valence-electron chi connectivity index (χ1n) is 7.26. The standard InChI is InChI=1S/C15H17N3O5/c1-3-16-12(19)7-18-13(20)15(2,17-14(18)21)9-4-5-10-11(6-9)23-8-22-10/h4-6H,3,7-8H2,1-2H3,(H,16,19)(H,17,21)/t15-/m1/s1. The molecule has 2 aliphatic heterocycles. The number of fused-ring (bicyclic) bond motifs is 1. The zero-order valence-corrected chi connectivity index (χ0v) is 12.8. The van der Waals surface area contributed by atoms with E-state index in [1.165, 1.54) is 0 Å². The summed E-state index contributed by atoms with van der Waals surface area (Å²) in [4.78, 5) is 37.4. The largest absolute Gasteiger partial charge is 0.454 e. The van der Waals surface area contributed by atoms with Crippen LogP contribution in [0.1, 0.15) is 19.4 Å². The van der Waals surface area contributed by atoms with Crippen molar-refractivity contribution in [1.82, 2.24) is 15.5 Å². The number of benzene rings is 1. The summed E-state index contributed by atoms with van der Waals surface area (Å²) in [6, 6.07) is 4.45. The highest BCUT2D eigenvalue weighted by Crippen LogP contribution is 2.37. The van der Waals surface area contributed by atoms with Gasteiger partial charge in [-0.05, 0) is 31.5 Å². The van der Waals surface area contributed by atoms with Crippen LogP contribution in [0, 0.1) is 0 Å². The topological polar surface area (TPSA) is 97.0 Å². The Hall–Kier alpha value is -2.77. The van der Waals surface area contributed by atoms with Crippen molar-refractivity contribution in [3.63, 3.8) is 0 Å². The fourth-order valence-electron chi connectivity index (χ4n) is 2.64. The molecule has 0 unspecified atom stereocenters.